The second-order valence-electron chi connectivity index (χ2n) is 0. The van der Waals surface area contributed by atoms with Crippen molar-refractivity contribution in [3.63, 3.8) is 0 Å². The molecule has 0 saturated carbocycles. The summed E-state index contributed by atoms with van der Waals surface area (Å²) < 4.78 is 0. The minimum atomic E-state index is 0. The van der Waals surface area contributed by atoms with E-state index in [9.17, 15) is 0 Å². The van der Waals surface area contributed by atoms with Crippen LogP contribution in [0.25, 0.3) is 0 Å². The summed E-state index contributed by atoms with van der Waals surface area (Å²) in [6.07, 6.45) is 0. The fourth-order valence-corrected chi connectivity index (χ4v) is 0. The topological polar surface area (TPSA) is 23.1 Å². The normalized spacial score (nSPS) is 2.40. The Morgan fingerprint density at radius 2 is 1.20 bits per heavy atom. The van der Waals surface area contributed by atoms with Crippen molar-refractivity contribution in [2.45, 2.75) is 6.92 Å². The summed E-state index contributed by atoms with van der Waals surface area (Å²) in [5.41, 5.74) is 0. The van der Waals surface area contributed by atoms with Crippen molar-refractivity contribution in [3.05, 3.63) is 6.92 Å². The third kappa shape index (κ3) is 66.6. The molecule has 0 aliphatic carbocycles. The van der Waals surface area contributed by atoms with E-state index in [0.29, 0.717) is 0 Å². The molecule has 0 rings (SSSR count). The monoisotopic (exact) mass is 84.0 g/mol. The van der Waals surface area contributed by atoms with E-state index in [4.69, 9.17) is 5.11 Å². The second-order valence-corrected chi connectivity index (χ2v) is 0. The van der Waals surface area contributed by atoms with Gasteiger partial charge in [-0.1, -0.05) is 0 Å². The summed E-state index contributed by atoms with van der Waals surface area (Å²) in [4.78, 5) is 0. The average molecular weight is 84.4 g/mol. The molecule has 0 aromatic rings. The van der Waals surface area contributed by atoms with E-state index >= 15 is 0 Å². The van der Waals surface area contributed by atoms with Crippen LogP contribution in [0.4, 0.5) is 0 Å². The standard InChI is InChI=1S/C2H5.CH3O.Mg/c2*1-2;/h1H2,2H3;1H3;/q2*-1;+2. The zero-order valence-electron chi connectivity index (χ0n) is 3.82. The molecule has 0 aromatic heterocycles. The van der Waals surface area contributed by atoms with Crippen molar-refractivity contribution in [2.24, 2.45) is 0 Å². The van der Waals surface area contributed by atoms with Gasteiger partial charge in [-0.2, -0.15) is 14.0 Å². The third-order valence-corrected chi connectivity index (χ3v) is 0. The zero-order valence-corrected chi connectivity index (χ0v) is 5.24. The van der Waals surface area contributed by atoms with Crippen molar-refractivity contribution in [2.75, 3.05) is 7.11 Å². The first-order valence-corrected chi connectivity index (χ1v) is 1.12. The Labute approximate surface area is 49.5 Å². The third-order valence-electron chi connectivity index (χ3n) is 0. The van der Waals surface area contributed by atoms with E-state index in [1.54, 1.807) is 6.92 Å². The van der Waals surface area contributed by atoms with E-state index in [1.165, 1.54) is 0 Å². The number of hydrogen-bond donors (Lipinski definition) is 0. The van der Waals surface area contributed by atoms with E-state index in [1.807, 2.05) is 0 Å². The van der Waals surface area contributed by atoms with Gasteiger partial charge in [0.1, 0.15) is 0 Å². The van der Waals surface area contributed by atoms with Crippen LogP contribution in [0.1, 0.15) is 6.92 Å². The van der Waals surface area contributed by atoms with Gasteiger partial charge in [-0.15, -0.1) is 0 Å². The van der Waals surface area contributed by atoms with Crippen LogP contribution in [0.15, 0.2) is 0 Å². The van der Waals surface area contributed by atoms with Gasteiger partial charge >= 0.3 is 23.1 Å². The van der Waals surface area contributed by atoms with Crippen LogP contribution in [-0.4, -0.2) is 30.2 Å². The predicted molar refractivity (Wildman–Crippen MR) is 22.7 cm³/mol. The van der Waals surface area contributed by atoms with Gasteiger partial charge in [0, 0.05) is 0 Å². The number of rotatable bonds is 0. The van der Waals surface area contributed by atoms with Crippen LogP contribution in [-0.2, 0) is 0 Å². The van der Waals surface area contributed by atoms with Crippen LogP contribution < -0.4 is 5.11 Å². The molecule has 1 nitrogen and oxygen atoms in total. The Balaban J connectivity index is -0.0000000133. The first kappa shape index (κ1) is 17.2. The molecule has 0 aliphatic rings. The fourth-order valence-electron chi connectivity index (χ4n) is 0. The zero-order chi connectivity index (χ0) is 4.00. The van der Waals surface area contributed by atoms with Gasteiger partial charge in [-0.3, -0.25) is 0 Å². The van der Waals surface area contributed by atoms with Crippen molar-refractivity contribution in [1.29, 1.82) is 0 Å². The van der Waals surface area contributed by atoms with Crippen LogP contribution in [0, 0.1) is 6.92 Å². The molecule has 28 valence electrons. The maximum absolute atomic E-state index is 8.25. The summed E-state index contributed by atoms with van der Waals surface area (Å²) in [5.74, 6) is 0. The molecular weight excluding hydrogens is 76.3 g/mol. The van der Waals surface area contributed by atoms with Gasteiger partial charge < -0.3 is 12.0 Å². The minimum Gasteiger partial charge on any atom is -0.857 e. The summed E-state index contributed by atoms with van der Waals surface area (Å²) in [5, 5.41) is 8.25. The van der Waals surface area contributed by atoms with Crippen LogP contribution >= 0.6 is 0 Å². The predicted octanol–water partition coefficient (Wildman–Crippen LogP) is -0.564. The Morgan fingerprint density at radius 3 is 1.20 bits per heavy atom. The molecule has 5 heavy (non-hydrogen) atoms. The van der Waals surface area contributed by atoms with E-state index in [-0.39, 0.29) is 23.1 Å². The molecule has 0 aromatic carbocycles. The van der Waals surface area contributed by atoms with Crippen LogP contribution in [0.5, 0.6) is 0 Å². The summed E-state index contributed by atoms with van der Waals surface area (Å²) in [7, 11) is 0.750. The first-order valence-electron chi connectivity index (χ1n) is 1.12. The Morgan fingerprint density at radius 1 is 1.20 bits per heavy atom. The minimum absolute atomic E-state index is 0. The summed E-state index contributed by atoms with van der Waals surface area (Å²) in [6.45, 7) is 5.00. The van der Waals surface area contributed by atoms with E-state index < -0.39 is 0 Å². The van der Waals surface area contributed by atoms with Gasteiger partial charge in [0.2, 0.25) is 0 Å². The Kier molecular flexibility index (Phi) is 428. The van der Waals surface area contributed by atoms with Gasteiger partial charge in [0.05, 0.1) is 0 Å². The van der Waals surface area contributed by atoms with Crippen molar-refractivity contribution in [3.8, 4) is 0 Å². The van der Waals surface area contributed by atoms with E-state index in [0.717, 1.165) is 7.11 Å². The van der Waals surface area contributed by atoms with Crippen molar-refractivity contribution in [1.82, 2.24) is 0 Å². The number of hydrogen-bond acceptors (Lipinski definition) is 1. The van der Waals surface area contributed by atoms with Crippen LogP contribution in [0.2, 0.25) is 0 Å². The summed E-state index contributed by atoms with van der Waals surface area (Å²) >= 11 is 0. The molecule has 0 saturated heterocycles. The molecule has 0 atom stereocenters. The molecule has 0 bridgehead atoms. The quantitative estimate of drug-likeness (QED) is 0.285. The molecule has 0 spiro atoms. The van der Waals surface area contributed by atoms with Crippen molar-refractivity contribution < 1.29 is 5.11 Å². The Bertz CT molecular complexity index is 6.85. The maximum Gasteiger partial charge on any atom is 2.00 e. The smallest absolute Gasteiger partial charge is 0.857 e. The second kappa shape index (κ2) is 124. The molecule has 0 unspecified atom stereocenters. The SMILES string of the molecule is C[O-].[CH2-]C.[Mg+2]. The first-order chi connectivity index (χ1) is 2.00. The molecule has 0 N–H and O–H groups in total. The molecular formula is C3H8MgO. The molecule has 0 fully saturated rings. The molecule has 2 heteroatoms. The molecule has 0 heterocycles. The average Bonchev–Trinajstić information content (AvgIpc) is 1.50. The molecule has 0 radical (unpaired) electrons. The van der Waals surface area contributed by atoms with Gasteiger partial charge in [0.15, 0.2) is 0 Å². The largest absolute Gasteiger partial charge is 2.00 e. The molecule has 0 amide bonds. The summed E-state index contributed by atoms with van der Waals surface area (Å²) in [6, 6.07) is 0. The van der Waals surface area contributed by atoms with Gasteiger partial charge in [0.25, 0.3) is 0 Å². The van der Waals surface area contributed by atoms with E-state index in [2.05, 4.69) is 6.92 Å². The van der Waals surface area contributed by atoms with Crippen molar-refractivity contribution >= 4 is 23.1 Å². The van der Waals surface area contributed by atoms with Crippen LogP contribution in [0.3, 0.4) is 0 Å². The fraction of sp³-hybridized carbons (Fsp3) is 0.667. The molecule has 0 aliphatic heterocycles. The Hall–Kier alpha value is 0.726. The van der Waals surface area contributed by atoms with Gasteiger partial charge in [-0.05, 0) is 0 Å². The van der Waals surface area contributed by atoms with Gasteiger partial charge in [-0.25, -0.2) is 0 Å². The maximum atomic E-state index is 8.25.